The zero-order chi connectivity index (χ0) is 13.5. The molecule has 19 heavy (non-hydrogen) atoms. The van der Waals surface area contributed by atoms with Gasteiger partial charge in [-0.15, -0.1) is 0 Å². The van der Waals surface area contributed by atoms with Gasteiger partial charge in [0.25, 0.3) is 0 Å². The van der Waals surface area contributed by atoms with E-state index < -0.39 is 0 Å². The van der Waals surface area contributed by atoms with Gasteiger partial charge in [0, 0.05) is 29.1 Å². The largest absolute Gasteiger partial charge is 0.361 e. The molecule has 3 N–H and O–H groups in total. The van der Waals surface area contributed by atoms with Crippen LogP contribution in [0.1, 0.15) is 48.8 Å². The van der Waals surface area contributed by atoms with Crippen LogP contribution in [-0.2, 0) is 5.41 Å². The van der Waals surface area contributed by atoms with E-state index in [9.17, 15) is 0 Å². The number of fused-ring (bicyclic) bond motifs is 1. The number of H-pyrrole nitrogens is 1. The molecule has 1 aliphatic carbocycles. The Kier molecular flexibility index (Phi) is 3.14. The molecule has 1 heterocycles. The Bertz CT molecular complexity index is 589. The molecule has 2 nitrogen and oxygen atoms in total. The van der Waals surface area contributed by atoms with Crippen LogP contribution in [0, 0.1) is 13.8 Å². The molecule has 3 rings (SSSR count). The minimum absolute atomic E-state index is 0.205. The molecule has 2 aromatic rings. The minimum Gasteiger partial charge on any atom is -0.361 e. The van der Waals surface area contributed by atoms with E-state index in [-0.39, 0.29) is 5.41 Å². The predicted molar refractivity (Wildman–Crippen MR) is 81.6 cm³/mol. The summed E-state index contributed by atoms with van der Waals surface area (Å²) in [4.78, 5) is 3.47. The number of rotatable bonds is 2. The van der Waals surface area contributed by atoms with Gasteiger partial charge >= 0.3 is 0 Å². The molecule has 0 spiro atoms. The number of hydrogen-bond acceptors (Lipinski definition) is 1. The molecule has 1 aliphatic rings. The molecule has 0 amide bonds. The lowest BCUT2D eigenvalue weighted by molar-refractivity contribution is 0.303. The summed E-state index contributed by atoms with van der Waals surface area (Å²) in [6.45, 7) is 5.15. The van der Waals surface area contributed by atoms with Crippen molar-refractivity contribution < 1.29 is 0 Å². The van der Waals surface area contributed by atoms with Crippen LogP contribution in [0.25, 0.3) is 10.9 Å². The number of nitrogens with one attached hydrogen (secondary N) is 1. The van der Waals surface area contributed by atoms with Crippen LogP contribution in [0.5, 0.6) is 0 Å². The van der Waals surface area contributed by atoms with Crippen LogP contribution < -0.4 is 5.73 Å². The van der Waals surface area contributed by atoms with Crippen LogP contribution in [0.15, 0.2) is 18.3 Å². The van der Waals surface area contributed by atoms with Gasteiger partial charge < -0.3 is 10.7 Å². The van der Waals surface area contributed by atoms with Crippen molar-refractivity contribution in [1.29, 1.82) is 0 Å². The standard InChI is InChI=1S/C17H24N2/c1-12-8-13(2)16-14(10-19-15(16)9-12)17(11-18)6-4-3-5-7-17/h8-10,19H,3-7,11,18H2,1-2H3. The van der Waals surface area contributed by atoms with Crippen LogP contribution in [0.3, 0.4) is 0 Å². The zero-order valence-electron chi connectivity index (χ0n) is 12.1. The lowest BCUT2D eigenvalue weighted by Crippen LogP contribution is -2.37. The van der Waals surface area contributed by atoms with E-state index in [4.69, 9.17) is 5.73 Å². The van der Waals surface area contributed by atoms with E-state index in [2.05, 4.69) is 37.2 Å². The number of aromatic nitrogens is 1. The van der Waals surface area contributed by atoms with Gasteiger partial charge in [-0.05, 0) is 49.4 Å². The molecule has 0 atom stereocenters. The fourth-order valence-corrected chi connectivity index (χ4v) is 3.89. The van der Waals surface area contributed by atoms with Gasteiger partial charge in [-0.25, -0.2) is 0 Å². The molecule has 0 bridgehead atoms. The first-order chi connectivity index (χ1) is 9.16. The highest BCUT2D eigenvalue weighted by atomic mass is 14.7. The molecule has 1 fully saturated rings. The molecule has 102 valence electrons. The van der Waals surface area contributed by atoms with Crippen molar-refractivity contribution in [3.63, 3.8) is 0 Å². The molecule has 0 aliphatic heterocycles. The molecule has 1 aromatic heterocycles. The second-order valence-corrected chi connectivity index (χ2v) is 6.25. The molecule has 2 heteroatoms. The quantitative estimate of drug-likeness (QED) is 0.839. The van der Waals surface area contributed by atoms with Crippen molar-refractivity contribution in [2.75, 3.05) is 6.54 Å². The fraction of sp³-hybridized carbons (Fsp3) is 0.529. The number of benzene rings is 1. The van der Waals surface area contributed by atoms with Gasteiger partial charge in [-0.3, -0.25) is 0 Å². The van der Waals surface area contributed by atoms with Crippen molar-refractivity contribution in [3.8, 4) is 0 Å². The average molecular weight is 256 g/mol. The highest BCUT2D eigenvalue weighted by Crippen LogP contribution is 2.42. The minimum atomic E-state index is 0.205. The van der Waals surface area contributed by atoms with E-state index in [1.807, 2.05) is 0 Å². The third kappa shape index (κ3) is 1.99. The lowest BCUT2D eigenvalue weighted by Gasteiger charge is -2.36. The summed E-state index contributed by atoms with van der Waals surface area (Å²) < 4.78 is 0. The maximum absolute atomic E-state index is 6.19. The lowest BCUT2D eigenvalue weighted by atomic mass is 9.69. The van der Waals surface area contributed by atoms with E-state index >= 15 is 0 Å². The third-order valence-electron chi connectivity index (χ3n) is 4.89. The fourth-order valence-electron chi connectivity index (χ4n) is 3.89. The number of aryl methyl sites for hydroxylation is 2. The predicted octanol–water partition coefficient (Wildman–Crippen LogP) is 3.95. The molecule has 0 saturated heterocycles. The second kappa shape index (κ2) is 4.68. The van der Waals surface area contributed by atoms with E-state index in [1.165, 1.54) is 59.7 Å². The Morgan fingerprint density at radius 1 is 1.16 bits per heavy atom. The molecular weight excluding hydrogens is 232 g/mol. The first kappa shape index (κ1) is 12.7. The van der Waals surface area contributed by atoms with Crippen molar-refractivity contribution >= 4 is 10.9 Å². The van der Waals surface area contributed by atoms with Gasteiger partial charge in [0.15, 0.2) is 0 Å². The Labute approximate surface area is 115 Å². The zero-order valence-corrected chi connectivity index (χ0v) is 12.1. The number of nitrogens with two attached hydrogens (primary N) is 1. The Morgan fingerprint density at radius 3 is 2.58 bits per heavy atom. The first-order valence-electron chi connectivity index (χ1n) is 7.45. The average Bonchev–Trinajstić information content (AvgIpc) is 2.84. The molecule has 1 saturated carbocycles. The SMILES string of the molecule is Cc1cc(C)c2c(C3(CN)CCCCC3)c[nH]c2c1. The van der Waals surface area contributed by atoms with Crippen molar-refractivity contribution in [2.45, 2.75) is 51.4 Å². The van der Waals surface area contributed by atoms with Crippen LogP contribution in [-0.4, -0.2) is 11.5 Å². The van der Waals surface area contributed by atoms with Crippen LogP contribution in [0.4, 0.5) is 0 Å². The third-order valence-corrected chi connectivity index (χ3v) is 4.89. The molecular formula is C17H24N2. The summed E-state index contributed by atoms with van der Waals surface area (Å²) in [6.07, 6.45) is 8.69. The van der Waals surface area contributed by atoms with Crippen LogP contribution in [0.2, 0.25) is 0 Å². The summed E-state index contributed by atoms with van der Waals surface area (Å²) in [5.41, 5.74) is 11.8. The van der Waals surface area contributed by atoms with Crippen molar-refractivity contribution in [1.82, 2.24) is 4.98 Å². The van der Waals surface area contributed by atoms with Gasteiger partial charge in [0.1, 0.15) is 0 Å². The maximum atomic E-state index is 6.19. The molecule has 1 aromatic carbocycles. The van der Waals surface area contributed by atoms with E-state index in [0.29, 0.717) is 0 Å². The summed E-state index contributed by atoms with van der Waals surface area (Å²) in [5, 5.41) is 1.41. The summed E-state index contributed by atoms with van der Waals surface area (Å²) >= 11 is 0. The van der Waals surface area contributed by atoms with Gasteiger partial charge in [0.05, 0.1) is 0 Å². The molecule has 0 unspecified atom stereocenters. The van der Waals surface area contributed by atoms with Crippen LogP contribution >= 0.6 is 0 Å². The Morgan fingerprint density at radius 2 is 1.89 bits per heavy atom. The second-order valence-electron chi connectivity index (χ2n) is 6.25. The number of aromatic amines is 1. The smallest absolute Gasteiger partial charge is 0.0462 e. The van der Waals surface area contributed by atoms with E-state index in [0.717, 1.165) is 6.54 Å². The van der Waals surface area contributed by atoms with Gasteiger partial charge in [0.2, 0.25) is 0 Å². The summed E-state index contributed by atoms with van der Waals surface area (Å²) in [7, 11) is 0. The first-order valence-corrected chi connectivity index (χ1v) is 7.45. The number of hydrogen-bond donors (Lipinski definition) is 2. The monoisotopic (exact) mass is 256 g/mol. The maximum Gasteiger partial charge on any atom is 0.0462 e. The highest BCUT2D eigenvalue weighted by molar-refractivity contribution is 5.88. The highest BCUT2D eigenvalue weighted by Gasteiger charge is 2.34. The van der Waals surface area contributed by atoms with Crippen molar-refractivity contribution in [2.24, 2.45) is 5.73 Å². The molecule has 0 radical (unpaired) electrons. The van der Waals surface area contributed by atoms with Gasteiger partial charge in [-0.1, -0.05) is 25.3 Å². The Hall–Kier alpha value is -1.28. The summed E-state index contributed by atoms with van der Waals surface area (Å²) in [6, 6.07) is 4.53. The van der Waals surface area contributed by atoms with Crippen molar-refractivity contribution in [3.05, 3.63) is 35.0 Å². The van der Waals surface area contributed by atoms with E-state index in [1.54, 1.807) is 0 Å². The topological polar surface area (TPSA) is 41.8 Å². The Balaban J connectivity index is 2.19. The van der Waals surface area contributed by atoms with Gasteiger partial charge in [-0.2, -0.15) is 0 Å². The normalized spacial score (nSPS) is 18.9. The summed E-state index contributed by atoms with van der Waals surface area (Å²) in [5.74, 6) is 0.